The van der Waals surface area contributed by atoms with Crippen molar-refractivity contribution in [2.75, 3.05) is 6.54 Å². The van der Waals surface area contributed by atoms with Gasteiger partial charge in [0.25, 0.3) is 0 Å². The second-order valence-corrected chi connectivity index (χ2v) is 5.48. The smallest absolute Gasteiger partial charge is 0.230 e. The van der Waals surface area contributed by atoms with E-state index in [-0.39, 0.29) is 11.3 Å². The van der Waals surface area contributed by atoms with Gasteiger partial charge in [-0.25, -0.2) is 0 Å². The minimum absolute atomic E-state index is 0.0439. The highest BCUT2D eigenvalue weighted by Crippen LogP contribution is 2.48. The molecule has 0 aromatic heterocycles. The molecule has 1 unspecified atom stereocenters. The Bertz CT molecular complexity index is 421. The lowest BCUT2D eigenvalue weighted by Gasteiger charge is -2.24. The number of hydrogen-bond acceptors (Lipinski definition) is 2. The zero-order valence-electron chi connectivity index (χ0n) is 11.1. The zero-order valence-corrected chi connectivity index (χ0v) is 11.1. The Morgan fingerprint density at radius 1 is 1.39 bits per heavy atom. The predicted octanol–water partition coefficient (Wildman–Crippen LogP) is 2.00. The average molecular weight is 247 g/mol. The maximum Gasteiger partial charge on any atom is 0.230 e. The number of nitrogens with one attached hydrogen (secondary N) is 1. The van der Waals surface area contributed by atoms with E-state index in [1.165, 1.54) is 0 Å². The lowest BCUT2D eigenvalue weighted by Crippen LogP contribution is -2.44. The molecule has 98 valence electrons. The summed E-state index contributed by atoms with van der Waals surface area (Å²) < 4.78 is 0. The van der Waals surface area contributed by atoms with E-state index in [9.17, 15) is 9.90 Å². The third kappa shape index (κ3) is 2.56. The molecule has 3 nitrogen and oxygen atoms in total. The first-order valence-electron chi connectivity index (χ1n) is 6.56. The molecule has 1 aromatic carbocycles. The second kappa shape index (κ2) is 4.73. The maximum absolute atomic E-state index is 12.3. The zero-order chi connectivity index (χ0) is 13.2. The van der Waals surface area contributed by atoms with Crippen LogP contribution < -0.4 is 5.32 Å². The molecule has 0 spiro atoms. The summed E-state index contributed by atoms with van der Waals surface area (Å²) >= 11 is 0. The molecule has 3 heteroatoms. The van der Waals surface area contributed by atoms with Gasteiger partial charge in [-0.05, 0) is 31.7 Å². The van der Waals surface area contributed by atoms with Gasteiger partial charge in [0.1, 0.15) is 0 Å². The number of benzene rings is 1. The minimum atomic E-state index is -0.817. The van der Waals surface area contributed by atoms with Crippen molar-refractivity contribution in [1.29, 1.82) is 0 Å². The fourth-order valence-electron chi connectivity index (χ4n) is 2.09. The van der Waals surface area contributed by atoms with Crippen LogP contribution in [0.2, 0.25) is 0 Å². The summed E-state index contributed by atoms with van der Waals surface area (Å²) in [5.74, 6) is 0.0439. The van der Waals surface area contributed by atoms with Crippen molar-refractivity contribution in [2.45, 2.75) is 44.1 Å². The Balaban J connectivity index is 2.02. The summed E-state index contributed by atoms with van der Waals surface area (Å²) in [5, 5.41) is 12.8. The third-order valence-corrected chi connectivity index (χ3v) is 3.90. The van der Waals surface area contributed by atoms with Gasteiger partial charge in [0.05, 0.1) is 11.0 Å². The van der Waals surface area contributed by atoms with Gasteiger partial charge in [-0.15, -0.1) is 0 Å². The predicted molar refractivity (Wildman–Crippen MR) is 71.3 cm³/mol. The van der Waals surface area contributed by atoms with Crippen LogP contribution in [0.5, 0.6) is 0 Å². The highest BCUT2D eigenvalue weighted by atomic mass is 16.3. The van der Waals surface area contributed by atoms with E-state index in [0.717, 1.165) is 18.4 Å². The fraction of sp³-hybridized carbons (Fsp3) is 0.533. The molecule has 0 aliphatic heterocycles. The van der Waals surface area contributed by atoms with Gasteiger partial charge >= 0.3 is 0 Å². The van der Waals surface area contributed by atoms with Crippen LogP contribution in [-0.2, 0) is 10.2 Å². The van der Waals surface area contributed by atoms with E-state index >= 15 is 0 Å². The molecule has 1 saturated carbocycles. The highest BCUT2D eigenvalue weighted by Gasteiger charge is 2.51. The molecule has 1 atom stereocenters. The van der Waals surface area contributed by atoms with Gasteiger partial charge < -0.3 is 10.4 Å². The number of rotatable bonds is 5. The van der Waals surface area contributed by atoms with E-state index < -0.39 is 5.60 Å². The Hall–Kier alpha value is -1.35. The number of carbonyl (C=O) groups is 1. The Morgan fingerprint density at radius 3 is 2.50 bits per heavy atom. The summed E-state index contributed by atoms with van der Waals surface area (Å²) in [7, 11) is 0. The molecule has 0 heterocycles. The first-order valence-corrected chi connectivity index (χ1v) is 6.56. The van der Waals surface area contributed by atoms with Crippen molar-refractivity contribution < 1.29 is 9.90 Å². The van der Waals surface area contributed by atoms with Gasteiger partial charge in [0.15, 0.2) is 0 Å². The third-order valence-electron chi connectivity index (χ3n) is 3.90. The van der Waals surface area contributed by atoms with E-state index in [1.807, 2.05) is 37.3 Å². The number of amides is 1. The minimum Gasteiger partial charge on any atom is -0.388 e. The molecule has 0 saturated heterocycles. The summed E-state index contributed by atoms with van der Waals surface area (Å²) in [6, 6.07) is 9.89. The molecule has 1 fully saturated rings. The number of hydrogen-bond donors (Lipinski definition) is 2. The molecular formula is C15H21NO2. The molecule has 0 bridgehead atoms. The van der Waals surface area contributed by atoms with E-state index in [4.69, 9.17) is 0 Å². The molecule has 2 N–H and O–H groups in total. The SMILES string of the molecule is CCC(C)(O)CNC(=O)C1(c2ccccc2)CC1. The van der Waals surface area contributed by atoms with E-state index in [2.05, 4.69) is 5.32 Å². The van der Waals surface area contributed by atoms with Crippen LogP contribution in [0.25, 0.3) is 0 Å². The summed E-state index contributed by atoms with van der Waals surface area (Å²) in [4.78, 5) is 12.3. The largest absolute Gasteiger partial charge is 0.388 e. The van der Waals surface area contributed by atoms with Gasteiger partial charge in [0.2, 0.25) is 5.91 Å². The summed E-state index contributed by atoms with van der Waals surface area (Å²) in [6.07, 6.45) is 2.43. The average Bonchev–Trinajstić information content (AvgIpc) is 3.19. The number of aliphatic hydroxyl groups is 1. The van der Waals surface area contributed by atoms with Crippen molar-refractivity contribution in [3.63, 3.8) is 0 Å². The summed E-state index contributed by atoms with van der Waals surface area (Å²) in [6.45, 7) is 3.97. The molecule has 1 aliphatic rings. The Labute approximate surface area is 108 Å². The summed E-state index contributed by atoms with van der Waals surface area (Å²) in [5.41, 5.74) is -0.0771. The molecule has 1 aliphatic carbocycles. The highest BCUT2D eigenvalue weighted by molar-refractivity contribution is 5.91. The van der Waals surface area contributed by atoms with Crippen molar-refractivity contribution in [3.8, 4) is 0 Å². The van der Waals surface area contributed by atoms with E-state index in [0.29, 0.717) is 13.0 Å². The standard InChI is InChI=1S/C15H21NO2/c1-3-14(2,18)11-16-13(17)15(9-10-15)12-7-5-4-6-8-12/h4-8,18H,3,9-11H2,1-2H3,(H,16,17). The molecular weight excluding hydrogens is 226 g/mol. The van der Waals surface area contributed by atoms with Crippen molar-refractivity contribution in [1.82, 2.24) is 5.32 Å². The molecule has 1 amide bonds. The van der Waals surface area contributed by atoms with Crippen LogP contribution in [0, 0.1) is 0 Å². The normalized spacial score (nSPS) is 19.9. The van der Waals surface area contributed by atoms with Gasteiger partial charge in [-0.1, -0.05) is 37.3 Å². The molecule has 2 rings (SSSR count). The lowest BCUT2D eigenvalue weighted by atomic mass is 9.94. The van der Waals surface area contributed by atoms with Crippen LogP contribution in [0.15, 0.2) is 30.3 Å². The van der Waals surface area contributed by atoms with Crippen LogP contribution in [0.1, 0.15) is 38.7 Å². The first-order chi connectivity index (χ1) is 8.50. The van der Waals surface area contributed by atoms with Crippen LogP contribution >= 0.6 is 0 Å². The molecule has 0 radical (unpaired) electrons. The first kappa shape index (κ1) is 13.1. The molecule has 1 aromatic rings. The maximum atomic E-state index is 12.3. The van der Waals surface area contributed by atoms with Crippen molar-refractivity contribution in [3.05, 3.63) is 35.9 Å². The van der Waals surface area contributed by atoms with Crippen LogP contribution in [-0.4, -0.2) is 23.2 Å². The van der Waals surface area contributed by atoms with Crippen molar-refractivity contribution in [2.24, 2.45) is 0 Å². The van der Waals surface area contributed by atoms with E-state index in [1.54, 1.807) is 6.92 Å². The van der Waals surface area contributed by atoms with Gasteiger partial charge in [0, 0.05) is 6.54 Å². The molecule has 18 heavy (non-hydrogen) atoms. The quantitative estimate of drug-likeness (QED) is 0.836. The van der Waals surface area contributed by atoms with Crippen LogP contribution in [0.3, 0.4) is 0 Å². The monoisotopic (exact) mass is 247 g/mol. The Kier molecular flexibility index (Phi) is 3.44. The fourth-order valence-corrected chi connectivity index (χ4v) is 2.09. The van der Waals surface area contributed by atoms with Crippen LogP contribution in [0.4, 0.5) is 0 Å². The topological polar surface area (TPSA) is 49.3 Å². The second-order valence-electron chi connectivity index (χ2n) is 5.48. The number of carbonyl (C=O) groups excluding carboxylic acids is 1. The van der Waals surface area contributed by atoms with Gasteiger partial charge in [-0.3, -0.25) is 4.79 Å². The Morgan fingerprint density at radius 2 is 2.00 bits per heavy atom. The van der Waals surface area contributed by atoms with Crippen molar-refractivity contribution >= 4 is 5.91 Å². The van der Waals surface area contributed by atoms with Gasteiger partial charge in [-0.2, -0.15) is 0 Å². The lowest BCUT2D eigenvalue weighted by molar-refractivity contribution is -0.124.